The maximum atomic E-state index is 13.5. The molecule has 0 saturated carbocycles. The molecule has 0 unspecified atom stereocenters. The first-order valence-electron chi connectivity index (χ1n) is 9.04. The maximum absolute atomic E-state index is 13.5. The van der Waals surface area contributed by atoms with Gasteiger partial charge in [0.1, 0.15) is 5.82 Å². The molecule has 3 N–H and O–H groups in total. The number of urea groups is 1. The van der Waals surface area contributed by atoms with Crippen molar-refractivity contribution in [2.75, 3.05) is 13.1 Å². The molecule has 0 aliphatic heterocycles. The van der Waals surface area contributed by atoms with E-state index >= 15 is 0 Å². The van der Waals surface area contributed by atoms with Crippen molar-refractivity contribution in [1.29, 1.82) is 0 Å². The number of amides is 3. The first-order valence-corrected chi connectivity index (χ1v) is 9.04. The van der Waals surface area contributed by atoms with Gasteiger partial charge in [-0.15, -0.1) is 0 Å². The number of carbonyl (C=O) groups excluding carboxylic acids is 2. The lowest BCUT2D eigenvalue weighted by molar-refractivity contribution is 0.0953. The number of hydrogen-bond acceptors (Lipinski definition) is 4. The first-order chi connectivity index (χ1) is 14.0. The Morgan fingerprint density at radius 1 is 1.07 bits per heavy atom. The Balaban J connectivity index is 1.42. The summed E-state index contributed by atoms with van der Waals surface area (Å²) >= 11 is 0. The van der Waals surface area contributed by atoms with Crippen molar-refractivity contribution in [2.24, 2.45) is 0 Å². The largest absolute Gasteiger partial charge is 0.350 e. The van der Waals surface area contributed by atoms with E-state index in [-0.39, 0.29) is 31.2 Å². The van der Waals surface area contributed by atoms with Crippen LogP contribution in [0, 0.1) is 12.7 Å². The molecule has 9 heteroatoms. The zero-order valence-corrected chi connectivity index (χ0v) is 15.9. The Morgan fingerprint density at radius 3 is 2.66 bits per heavy atom. The lowest BCUT2D eigenvalue weighted by atomic mass is 10.1. The van der Waals surface area contributed by atoms with Crippen molar-refractivity contribution in [3.63, 3.8) is 0 Å². The van der Waals surface area contributed by atoms with Crippen LogP contribution < -0.4 is 16.0 Å². The molecular formula is C20H21FN6O2. The van der Waals surface area contributed by atoms with Gasteiger partial charge in [0.25, 0.3) is 5.91 Å². The van der Waals surface area contributed by atoms with E-state index in [1.54, 1.807) is 54.5 Å². The number of carbonyl (C=O) groups is 2. The molecule has 2 aromatic heterocycles. The Labute approximate surface area is 167 Å². The van der Waals surface area contributed by atoms with Gasteiger partial charge in [-0.3, -0.25) is 4.79 Å². The molecule has 0 aliphatic carbocycles. The van der Waals surface area contributed by atoms with Crippen molar-refractivity contribution in [2.45, 2.75) is 13.5 Å². The van der Waals surface area contributed by atoms with Gasteiger partial charge in [-0.25, -0.2) is 18.9 Å². The highest BCUT2D eigenvalue weighted by molar-refractivity contribution is 5.94. The monoisotopic (exact) mass is 396 g/mol. The standard InChI is InChI=1S/C20H21FN6O2/c1-14-5-6-15(12-17(14)21)19(28)23-9-10-24-20(29)25-13-16-4-2-7-22-18(16)27-11-3-8-26-27/h2-8,11-12H,9-10,13H2,1H3,(H,23,28)(H2,24,25,29). The van der Waals surface area contributed by atoms with E-state index in [4.69, 9.17) is 0 Å². The third-order valence-electron chi connectivity index (χ3n) is 4.16. The lowest BCUT2D eigenvalue weighted by Gasteiger charge is -2.11. The molecule has 0 spiro atoms. The first kappa shape index (κ1) is 20.0. The van der Waals surface area contributed by atoms with E-state index in [9.17, 15) is 14.0 Å². The van der Waals surface area contributed by atoms with E-state index in [0.29, 0.717) is 11.4 Å². The van der Waals surface area contributed by atoms with Crippen LogP contribution in [0.15, 0.2) is 55.0 Å². The van der Waals surface area contributed by atoms with Crippen LogP contribution in [0.3, 0.4) is 0 Å². The van der Waals surface area contributed by atoms with Crippen molar-refractivity contribution < 1.29 is 14.0 Å². The van der Waals surface area contributed by atoms with Crippen LogP contribution in [-0.4, -0.2) is 39.8 Å². The van der Waals surface area contributed by atoms with Gasteiger partial charge in [0.15, 0.2) is 5.82 Å². The number of pyridine rings is 1. The Hall–Kier alpha value is -3.75. The van der Waals surface area contributed by atoms with Gasteiger partial charge in [0.05, 0.1) is 0 Å². The number of aromatic nitrogens is 3. The molecule has 2 heterocycles. The molecule has 0 aliphatic rings. The van der Waals surface area contributed by atoms with Crippen molar-refractivity contribution >= 4 is 11.9 Å². The van der Waals surface area contributed by atoms with E-state index < -0.39 is 11.7 Å². The normalized spacial score (nSPS) is 10.4. The minimum Gasteiger partial charge on any atom is -0.350 e. The number of nitrogens with one attached hydrogen (secondary N) is 3. The molecule has 0 radical (unpaired) electrons. The zero-order valence-electron chi connectivity index (χ0n) is 15.9. The highest BCUT2D eigenvalue weighted by atomic mass is 19.1. The van der Waals surface area contributed by atoms with E-state index in [0.717, 1.165) is 5.56 Å². The van der Waals surface area contributed by atoms with Crippen LogP contribution in [0.5, 0.6) is 0 Å². The van der Waals surface area contributed by atoms with Gasteiger partial charge in [0.2, 0.25) is 0 Å². The molecule has 1 aromatic carbocycles. The second kappa shape index (κ2) is 9.45. The number of nitrogens with zero attached hydrogens (tertiary/aromatic N) is 3. The van der Waals surface area contributed by atoms with Crippen molar-refractivity contribution in [3.8, 4) is 5.82 Å². The highest BCUT2D eigenvalue weighted by Gasteiger charge is 2.09. The molecule has 0 atom stereocenters. The predicted octanol–water partition coefficient (Wildman–Crippen LogP) is 1.94. The van der Waals surface area contributed by atoms with Crippen LogP contribution in [0.1, 0.15) is 21.5 Å². The summed E-state index contributed by atoms with van der Waals surface area (Å²) in [7, 11) is 0. The molecule has 3 aromatic rings. The average molecular weight is 396 g/mol. The minimum atomic E-state index is -0.431. The third-order valence-corrected chi connectivity index (χ3v) is 4.16. The van der Waals surface area contributed by atoms with Gasteiger partial charge in [-0.05, 0) is 36.8 Å². The lowest BCUT2D eigenvalue weighted by Crippen LogP contribution is -2.40. The molecule has 8 nitrogen and oxygen atoms in total. The second-order valence-corrected chi connectivity index (χ2v) is 6.27. The predicted molar refractivity (Wildman–Crippen MR) is 105 cm³/mol. The summed E-state index contributed by atoms with van der Waals surface area (Å²) in [6, 6.07) is 9.34. The van der Waals surface area contributed by atoms with Gasteiger partial charge in [-0.1, -0.05) is 12.1 Å². The number of benzene rings is 1. The fourth-order valence-electron chi connectivity index (χ4n) is 2.59. The van der Waals surface area contributed by atoms with Gasteiger partial charge >= 0.3 is 6.03 Å². The summed E-state index contributed by atoms with van der Waals surface area (Å²) in [6.45, 7) is 2.34. The van der Waals surface area contributed by atoms with Crippen LogP contribution in [0.2, 0.25) is 0 Å². The van der Waals surface area contributed by atoms with Gasteiger partial charge in [0, 0.05) is 49.4 Å². The number of rotatable bonds is 7. The van der Waals surface area contributed by atoms with Crippen LogP contribution in [0.4, 0.5) is 9.18 Å². The number of hydrogen-bond donors (Lipinski definition) is 3. The number of aryl methyl sites for hydroxylation is 1. The van der Waals surface area contributed by atoms with E-state index in [1.165, 1.54) is 6.07 Å². The molecule has 150 valence electrons. The van der Waals surface area contributed by atoms with Crippen molar-refractivity contribution in [1.82, 2.24) is 30.7 Å². The number of halogens is 1. The Kier molecular flexibility index (Phi) is 6.51. The summed E-state index contributed by atoms with van der Waals surface area (Å²) in [6.07, 6.45) is 5.08. The van der Waals surface area contributed by atoms with E-state index in [1.807, 2.05) is 6.07 Å². The quantitative estimate of drug-likeness (QED) is 0.531. The van der Waals surface area contributed by atoms with Gasteiger partial charge in [-0.2, -0.15) is 5.10 Å². The second-order valence-electron chi connectivity index (χ2n) is 6.27. The SMILES string of the molecule is Cc1ccc(C(=O)NCCNC(=O)NCc2cccnc2-n2cccn2)cc1F. The minimum absolute atomic E-state index is 0.215. The molecule has 3 rings (SSSR count). The van der Waals surface area contributed by atoms with Gasteiger partial charge < -0.3 is 16.0 Å². The van der Waals surface area contributed by atoms with Crippen LogP contribution in [-0.2, 0) is 6.54 Å². The maximum Gasteiger partial charge on any atom is 0.315 e. The van der Waals surface area contributed by atoms with E-state index in [2.05, 4.69) is 26.0 Å². The fraction of sp³-hybridized carbons (Fsp3) is 0.200. The smallest absolute Gasteiger partial charge is 0.315 e. The molecule has 0 bridgehead atoms. The summed E-state index contributed by atoms with van der Waals surface area (Å²) in [4.78, 5) is 28.3. The molecule has 0 saturated heterocycles. The summed E-state index contributed by atoms with van der Waals surface area (Å²) in [5.74, 6) is -0.194. The molecule has 0 fully saturated rings. The average Bonchev–Trinajstić information content (AvgIpc) is 3.26. The third kappa shape index (κ3) is 5.38. The highest BCUT2D eigenvalue weighted by Crippen LogP contribution is 2.10. The summed E-state index contributed by atoms with van der Waals surface area (Å²) < 4.78 is 15.1. The molecule has 3 amide bonds. The summed E-state index contributed by atoms with van der Waals surface area (Å²) in [5.41, 5.74) is 1.52. The van der Waals surface area contributed by atoms with Crippen molar-refractivity contribution in [3.05, 3.63) is 77.5 Å². The van der Waals surface area contributed by atoms with Crippen LogP contribution >= 0.6 is 0 Å². The van der Waals surface area contributed by atoms with Crippen LogP contribution in [0.25, 0.3) is 5.82 Å². The summed E-state index contributed by atoms with van der Waals surface area (Å²) in [5, 5.41) is 12.2. The Morgan fingerprint density at radius 2 is 1.90 bits per heavy atom. The fourth-order valence-corrected chi connectivity index (χ4v) is 2.59. The molecule has 29 heavy (non-hydrogen) atoms. The Bertz CT molecular complexity index is 990. The zero-order chi connectivity index (χ0) is 20.6. The molecular weight excluding hydrogens is 375 g/mol. The topological polar surface area (TPSA) is 101 Å².